The van der Waals surface area contributed by atoms with Crippen LogP contribution in [0, 0.1) is 0 Å². The number of unbranched alkanes of at least 4 members (excludes halogenated alkanes) is 2. The quantitative estimate of drug-likeness (QED) is 0.426. The Morgan fingerprint density at radius 2 is 1.94 bits per heavy atom. The second-order valence-corrected chi connectivity index (χ2v) is 5.28. The predicted molar refractivity (Wildman–Crippen MR) is 62.5 cm³/mol. The summed E-state index contributed by atoms with van der Waals surface area (Å²) < 4.78 is 24.2. The van der Waals surface area contributed by atoms with Gasteiger partial charge in [-0.3, -0.25) is 4.79 Å². The summed E-state index contributed by atoms with van der Waals surface area (Å²) in [5.41, 5.74) is 0. The van der Waals surface area contributed by atoms with Crippen molar-refractivity contribution < 1.29 is 18.3 Å². The van der Waals surface area contributed by atoms with Crippen molar-refractivity contribution in [3.05, 3.63) is 0 Å². The fourth-order valence-electron chi connectivity index (χ4n) is 1.92. The van der Waals surface area contributed by atoms with Gasteiger partial charge in [-0.2, -0.15) is 0 Å². The molecule has 0 aliphatic heterocycles. The van der Waals surface area contributed by atoms with Crippen LogP contribution >= 0.6 is 0 Å². The monoisotopic (exact) mass is 248 g/mol. The second kappa shape index (κ2) is 7.79. The van der Waals surface area contributed by atoms with E-state index in [9.17, 15) is 9.00 Å². The fraction of sp³-hybridized carbons (Fsp3) is 0.909. The van der Waals surface area contributed by atoms with Crippen LogP contribution in [-0.4, -0.2) is 26.6 Å². The first-order valence-electron chi connectivity index (χ1n) is 5.95. The molecule has 4 nitrogen and oxygen atoms in total. The van der Waals surface area contributed by atoms with Crippen molar-refractivity contribution >= 4 is 17.0 Å². The van der Waals surface area contributed by atoms with Gasteiger partial charge in [0.25, 0.3) is 0 Å². The highest BCUT2D eigenvalue weighted by Gasteiger charge is 2.18. The molecule has 0 bridgehead atoms. The molecule has 0 radical (unpaired) electrons. The third-order valence-corrected chi connectivity index (χ3v) is 3.44. The second-order valence-electron chi connectivity index (χ2n) is 4.23. The zero-order valence-electron chi connectivity index (χ0n) is 9.52. The van der Waals surface area contributed by atoms with Gasteiger partial charge in [-0.25, -0.2) is 4.21 Å². The van der Waals surface area contributed by atoms with Gasteiger partial charge in [-0.05, 0) is 38.5 Å². The molecule has 0 amide bonds. The molecule has 0 aromatic carbocycles. The smallest absolute Gasteiger partial charge is 0.306 e. The molecule has 0 aromatic rings. The predicted octanol–water partition coefficient (Wildman–Crippen LogP) is 2.25. The summed E-state index contributed by atoms with van der Waals surface area (Å²) in [4.78, 5) is 11.4. The van der Waals surface area contributed by atoms with E-state index in [1.165, 1.54) is 12.8 Å². The van der Waals surface area contributed by atoms with Crippen molar-refractivity contribution in [3.8, 4) is 0 Å². The van der Waals surface area contributed by atoms with E-state index in [0.717, 1.165) is 25.7 Å². The average molecular weight is 248 g/mol. The van der Waals surface area contributed by atoms with E-state index in [0.29, 0.717) is 18.6 Å². The summed E-state index contributed by atoms with van der Waals surface area (Å²) in [6.07, 6.45) is 7.20. The van der Waals surface area contributed by atoms with Crippen LogP contribution in [0.5, 0.6) is 0 Å². The van der Waals surface area contributed by atoms with E-state index >= 15 is 0 Å². The van der Waals surface area contributed by atoms with Crippen LogP contribution in [0.15, 0.2) is 0 Å². The molecule has 0 saturated heterocycles. The van der Waals surface area contributed by atoms with E-state index in [4.69, 9.17) is 9.29 Å². The lowest BCUT2D eigenvalue weighted by Crippen LogP contribution is -2.14. The summed E-state index contributed by atoms with van der Waals surface area (Å²) in [5.74, 6) is 0.189. The third kappa shape index (κ3) is 6.23. The number of ether oxygens (including phenoxy) is 1. The Balaban J connectivity index is 1.95. The lowest BCUT2D eigenvalue weighted by Gasteiger charge is -2.10. The fourth-order valence-corrected chi connectivity index (χ4v) is 2.37. The topological polar surface area (TPSA) is 63.6 Å². The van der Waals surface area contributed by atoms with Crippen molar-refractivity contribution in [2.45, 2.75) is 57.5 Å². The first kappa shape index (κ1) is 13.6. The van der Waals surface area contributed by atoms with E-state index < -0.39 is 11.1 Å². The van der Waals surface area contributed by atoms with Crippen LogP contribution in [0.3, 0.4) is 0 Å². The SMILES string of the molecule is O=C(CCCCCS(=O)O)OC1CCCC1. The van der Waals surface area contributed by atoms with Gasteiger partial charge in [0.05, 0.1) is 0 Å². The average Bonchev–Trinajstić information content (AvgIpc) is 2.69. The largest absolute Gasteiger partial charge is 0.462 e. The van der Waals surface area contributed by atoms with E-state index in [2.05, 4.69) is 0 Å². The summed E-state index contributed by atoms with van der Waals surface area (Å²) in [5, 5.41) is 0. The first-order valence-corrected chi connectivity index (χ1v) is 7.23. The van der Waals surface area contributed by atoms with Crippen LogP contribution in [-0.2, 0) is 20.6 Å². The maximum atomic E-state index is 11.4. The molecule has 0 spiro atoms. The van der Waals surface area contributed by atoms with Gasteiger partial charge < -0.3 is 9.29 Å². The molecule has 1 N–H and O–H groups in total. The molecule has 1 fully saturated rings. The lowest BCUT2D eigenvalue weighted by molar-refractivity contribution is -0.148. The van der Waals surface area contributed by atoms with E-state index in [1.807, 2.05) is 0 Å². The minimum absolute atomic E-state index is 0.114. The standard InChI is InChI=1S/C11H20O4S/c12-11(15-10-6-3-4-7-10)8-2-1-5-9-16(13)14/h10H,1-9H2,(H,13,14). The van der Waals surface area contributed by atoms with Gasteiger partial charge in [0.1, 0.15) is 6.10 Å². The Kier molecular flexibility index (Phi) is 6.64. The number of carbonyl (C=O) groups is 1. The van der Waals surface area contributed by atoms with Crippen molar-refractivity contribution in [1.82, 2.24) is 0 Å². The van der Waals surface area contributed by atoms with Crippen molar-refractivity contribution in [2.24, 2.45) is 0 Å². The maximum Gasteiger partial charge on any atom is 0.306 e. The van der Waals surface area contributed by atoms with Gasteiger partial charge in [0.2, 0.25) is 0 Å². The van der Waals surface area contributed by atoms with Gasteiger partial charge in [0.15, 0.2) is 11.1 Å². The summed E-state index contributed by atoms with van der Waals surface area (Å²) >= 11 is -1.70. The lowest BCUT2D eigenvalue weighted by atomic mass is 10.2. The van der Waals surface area contributed by atoms with Crippen LogP contribution in [0.4, 0.5) is 0 Å². The molecule has 0 aromatic heterocycles. The molecular formula is C11H20O4S. The minimum atomic E-state index is -1.70. The highest BCUT2D eigenvalue weighted by atomic mass is 32.2. The summed E-state index contributed by atoms with van der Waals surface area (Å²) in [6, 6.07) is 0. The molecule has 1 aliphatic rings. The van der Waals surface area contributed by atoms with E-state index in [1.54, 1.807) is 0 Å². The molecule has 1 unspecified atom stereocenters. The summed E-state index contributed by atoms with van der Waals surface area (Å²) in [6.45, 7) is 0. The molecule has 5 heteroatoms. The minimum Gasteiger partial charge on any atom is -0.462 e. The summed E-state index contributed by atoms with van der Waals surface area (Å²) in [7, 11) is 0. The molecule has 1 saturated carbocycles. The molecular weight excluding hydrogens is 228 g/mol. The molecule has 94 valence electrons. The zero-order valence-corrected chi connectivity index (χ0v) is 10.3. The van der Waals surface area contributed by atoms with Crippen LogP contribution < -0.4 is 0 Å². The normalized spacial score (nSPS) is 18.6. The number of carbonyl (C=O) groups excluding carboxylic acids is 1. The Labute approximate surface area is 99.0 Å². The number of esters is 1. The number of rotatable bonds is 7. The Morgan fingerprint density at radius 1 is 1.25 bits per heavy atom. The Morgan fingerprint density at radius 3 is 2.56 bits per heavy atom. The first-order chi connectivity index (χ1) is 7.68. The van der Waals surface area contributed by atoms with Gasteiger partial charge in [-0.1, -0.05) is 6.42 Å². The van der Waals surface area contributed by atoms with E-state index in [-0.39, 0.29) is 12.1 Å². The molecule has 0 heterocycles. The highest BCUT2D eigenvalue weighted by molar-refractivity contribution is 7.79. The molecule has 1 aliphatic carbocycles. The van der Waals surface area contributed by atoms with Gasteiger partial charge >= 0.3 is 5.97 Å². The van der Waals surface area contributed by atoms with Crippen molar-refractivity contribution in [3.63, 3.8) is 0 Å². The third-order valence-electron chi connectivity index (χ3n) is 2.80. The molecule has 16 heavy (non-hydrogen) atoms. The maximum absolute atomic E-state index is 11.4. The highest BCUT2D eigenvalue weighted by Crippen LogP contribution is 2.21. The van der Waals surface area contributed by atoms with Crippen LogP contribution in [0.2, 0.25) is 0 Å². The van der Waals surface area contributed by atoms with Crippen molar-refractivity contribution in [1.29, 1.82) is 0 Å². The van der Waals surface area contributed by atoms with Crippen LogP contribution in [0.1, 0.15) is 51.4 Å². The number of hydrogen-bond donors (Lipinski definition) is 1. The van der Waals surface area contributed by atoms with Gasteiger partial charge in [0, 0.05) is 12.2 Å². The Hall–Kier alpha value is -0.420. The zero-order chi connectivity index (χ0) is 11.8. The van der Waals surface area contributed by atoms with Gasteiger partial charge in [-0.15, -0.1) is 0 Å². The van der Waals surface area contributed by atoms with Crippen LogP contribution in [0.25, 0.3) is 0 Å². The molecule has 1 atom stereocenters. The molecule has 1 rings (SSSR count). The Bertz CT molecular complexity index is 236. The number of hydrogen-bond acceptors (Lipinski definition) is 3. The van der Waals surface area contributed by atoms with Crippen molar-refractivity contribution in [2.75, 3.05) is 5.75 Å².